The number of aromatic nitrogens is 3. The quantitative estimate of drug-likeness (QED) is 0.914. The van der Waals surface area contributed by atoms with Crippen molar-refractivity contribution in [3.05, 3.63) is 41.3 Å². The number of carbonyl (C=O) groups excluding carboxylic acids is 1. The lowest BCUT2D eigenvalue weighted by molar-refractivity contribution is -0.122. The Morgan fingerprint density at radius 3 is 2.62 bits per heavy atom. The van der Waals surface area contributed by atoms with Crippen molar-refractivity contribution in [3.8, 4) is 0 Å². The lowest BCUT2D eigenvalue weighted by Crippen LogP contribution is -2.30. The van der Waals surface area contributed by atoms with E-state index in [9.17, 15) is 4.79 Å². The van der Waals surface area contributed by atoms with Crippen LogP contribution in [-0.4, -0.2) is 33.8 Å². The van der Waals surface area contributed by atoms with E-state index < -0.39 is 0 Å². The van der Waals surface area contributed by atoms with Crippen LogP contribution < -0.4 is 10.2 Å². The highest BCUT2D eigenvalue weighted by molar-refractivity contribution is 5.75. The van der Waals surface area contributed by atoms with Gasteiger partial charge in [0.05, 0.1) is 5.69 Å². The van der Waals surface area contributed by atoms with Gasteiger partial charge in [-0.15, -0.1) is 0 Å². The molecule has 1 aliphatic heterocycles. The smallest absolute Gasteiger partial charge is 0.242 e. The molecule has 0 saturated carbocycles. The van der Waals surface area contributed by atoms with Gasteiger partial charge >= 0.3 is 0 Å². The Labute approximate surface area is 142 Å². The van der Waals surface area contributed by atoms with Gasteiger partial charge in [-0.2, -0.15) is 5.10 Å². The van der Waals surface area contributed by atoms with Gasteiger partial charge in [-0.3, -0.25) is 9.48 Å². The SMILES string of the molecule is Cc1cc(C)n(CC(=O)NCc2ccc(N3CCCCC3)nc2)n1. The molecule has 0 radical (unpaired) electrons. The number of aryl methyl sites for hydroxylation is 2. The van der Waals surface area contributed by atoms with Crippen molar-refractivity contribution < 1.29 is 4.79 Å². The topological polar surface area (TPSA) is 63.1 Å². The second kappa shape index (κ2) is 7.47. The van der Waals surface area contributed by atoms with Crippen LogP contribution in [0.4, 0.5) is 5.82 Å². The molecule has 0 spiro atoms. The molecule has 0 unspecified atom stereocenters. The molecule has 1 amide bonds. The number of amides is 1. The van der Waals surface area contributed by atoms with Gasteiger partial charge in [0.15, 0.2) is 0 Å². The number of pyridine rings is 1. The van der Waals surface area contributed by atoms with Crippen LogP contribution in [0.15, 0.2) is 24.4 Å². The Morgan fingerprint density at radius 2 is 2.00 bits per heavy atom. The first-order chi connectivity index (χ1) is 11.6. The van der Waals surface area contributed by atoms with E-state index in [2.05, 4.69) is 20.3 Å². The van der Waals surface area contributed by atoms with E-state index >= 15 is 0 Å². The Balaban J connectivity index is 1.50. The molecular formula is C18H25N5O. The monoisotopic (exact) mass is 327 g/mol. The fourth-order valence-corrected chi connectivity index (χ4v) is 3.06. The molecule has 1 N–H and O–H groups in total. The van der Waals surface area contributed by atoms with Crippen molar-refractivity contribution in [2.75, 3.05) is 18.0 Å². The van der Waals surface area contributed by atoms with Crippen LogP contribution in [0.5, 0.6) is 0 Å². The largest absolute Gasteiger partial charge is 0.357 e. The van der Waals surface area contributed by atoms with Gasteiger partial charge in [0.1, 0.15) is 12.4 Å². The molecule has 1 saturated heterocycles. The number of hydrogen-bond donors (Lipinski definition) is 1. The van der Waals surface area contributed by atoms with Crippen molar-refractivity contribution in [2.24, 2.45) is 0 Å². The number of nitrogens with one attached hydrogen (secondary N) is 1. The zero-order chi connectivity index (χ0) is 16.9. The summed E-state index contributed by atoms with van der Waals surface area (Å²) >= 11 is 0. The van der Waals surface area contributed by atoms with Gasteiger partial charge in [-0.1, -0.05) is 6.07 Å². The molecule has 2 aromatic rings. The third-order valence-electron chi connectivity index (χ3n) is 4.38. The van der Waals surface area contributed by atoms with Crippen molar-refractivity contribution >= 4 is 11.7 Å². The average molecular weight is 327 g/mol. The molecule has 0 bridgehead atoms. The maximum absolute atomic E-state index is 12.1. The fourth-order valence-electron chi connectivity index (χ4n) is 3.06. The standard InChI is InChI=1S/C18H25N5O/c1-14-10-15(2)23(21-14)13-18(24)20-12-16-6-7-17(19-11-16)22-8-4-3-5-9-22/h6-7,10-11H,3-5,8-9,12-13H2,1-2H3,(H,20,24). The minimum atomic E-state index is -0.0405. The average Bonchev–Trinajstić information content (AvgIpc) is 2.91. The molecular weight excluding hydrogens is 302 g/mol. The summed E-state index contributed by atoms with van der Waals surface area (Å²) in [6.45, 7) is 6.80. The highest BCUT2D eigenvalue weighted by Crippen LogP contribution is 2.17. The molecule has 6 nitrogen and oxygen atoms in total. The predicted octanol–water partition coefficient (Wildman–Crippen LogP) is 2.20. The Bertz CT molecular complexity index is 686. The lowest BCUT2D eigenvalue weighted by atomic mass is 10.1. The molecule has 3 rings (SSSR count). The molecule has 6 heteroatoms. The minimum Gasteiger partial charge on any atom is -0.357 e. The Kier molecular flexibility index (Phi) is 5.13. The number of carbonyl (C=O) groups is 1. The molecule has 1 aliphatic rings. The number of nitrogens with zero attached hydrogens (tertiary/aromatic N) is 4. The third kappa shape index (κ3) is 4.13. The Hall–Kier alpha value is -2.37. The van der Waals surface area contributed by atoms with E-state index in [0.717, 1.165) is 35.9 Å². The van der Waals surface area contributed by atoms with Gasteiger partial charge < -0.3 is 10.2 Å². The van der Waals surface area contributed by atoms with E-state index in [1.165, 1.54) is 19.3 Å². The van der Waals surface area contributed by atoms with Crippen LogP contribution in [0.1, 0.15) is 36.2 Å². The normalized spacial score (nSPS) is 14.7. The first kappa shape index (κ1) is 16.5. The predicted molar refractivity (Wildman–Crippen MR) is 93.8 cm³/mol. The van der Waals surface area contributed by atoms with Crippen molar-refractivity contribution in [1.29, 1.82) is 0 Å². The van der Waals surface area contributed by atoms with Crippen molar-refractivity contribution in [1.82, 2.24) is 20.1 Å². The van der Waals surface area contributed by atoms with Crippen LogP contribution in [0.3, 0.4) is 0 Å². The summed E-state index contributed by atoms with van der Waals surface area (Å²) in [5, 5.41) is 7.24. The second-order valence-electron chi connectivity index (χ2n) is 6.43. The van der Waals surface area contributed by atoms with E-state index in [4.69, 9.17) is 0 Å². The summed E-state index contributed by atoms with van der Waals surface area (Å²) in [6, 6.07) is 6.06. The molecule has 24 heavy (non-hydrogen) atoms. The van der Waals surface area contributed by atoms with Gasteiger partial charge in [0.25, 0.3) is 0 Å². The van der Waals surface area contributed by atoms with Gasteiger partial charge in [-0.25, -0.2) is 4.98 Å². The van der Waals surface area contributed by atoms with Crippen LogP contribution in [-0.2, 0) is 17.9 Å². The first-order valence-corrected chi connectivity index (χ1v) is 8.59. The zero-order valence-electron chi connectivity index (χ0n) is 14.5. The summed E-state index contributed by atoms with van der Waals surface area (Å²) < 4.78 is 1.72. The van der Waals surface area contributed by atoms with Crippen molar-refractivity contribution in [2.45, 2.75) is 46.2 Å². The van der Waals surface area contributed by atoms with Gasteiger partial charge in [0, 0.05) is 31.5 Å². The fraction of sp³-hybridized carbons (Fsp3) is 0.500. The second-order valence-corrected chi connectivity index (χ2v) is 6.43. The first-order valence-electron chi connectivity index (χ1n) is 8.59. The van der Waals surface area contributed by atoms with Crippen LogP contribution >= 0.6 is 0 Å². The summed E-state index contributed by atoms with van der Waals surface area (Å²) in [5.41, 5.74) is 2.94. The summed E-state index contributed by atoms with van der Waals surface area (Å²) in [7, 11) is 0. The highest BCUT2D eigenvalue weighted by Gasteiger charge is 2.12. The molecule has 3 heterocycles. The summed E-state index contributed by atoms with van der Waals surface area (Å²) in [6.07, 6.45) is 5.65. The van der Waals surface area contributed by atoms with E-state index in [0.29, 0.717) is 6.54 Å². The maximum Gasteiger partial charge on any atom is 0.242 e. The summed E-state index contributed by atoms with van der Waals surface area (Å²) in [4.78, 5) is 18.9. The van der Waals surface area contributed by atoms with Crippen LogP contribution in [0.25, 0.3) is 0 Å². The molecule has 2 aromatic heterocycles. The molecule has 1 fully saturated rings. The number of piperidine rings is 1. The van der Waals surface area contributed by atoms with E-state index in [1.807, 2.05) is 38.2 Å². The number of anilines is 1. The number of rotatable bonds is 5. The highest BCUT2D eigenvalue weighted by atomic mass is 16.2. The number of hydrogen-bond acceptors (Lipinski definition) is 4. The van der Waals surface area contributed by atoms with Crippen LogP contribution in [0, 0.1) is 13.8 Å². The maximum atomic E-state index is 12.1. The molecule has 0 aliphatic carbocycles. The zero-order valence-corrected chi connectivity index (χ0v) is 14.5. The minimum absolute atomic E-state index is 0.0405. The molecule has 0 atom stereocenters. The Morgan fingerprint density at radius 1 is 1.21 bits per heavy atom. The molecule has 0 aromatic carbocycles. The van der Waals surface area contributed by atoms with E-state index in [1.54, 1.807) is 4.68 Å². The summed E-state index contributed by atoms with van der Waals surface area (Å²) in [5.74, 6) is 0.994. The third-order valence-corrected chi connectivity index (χ3v) is 4.38. The van der Waals surface area contributed by atoms with Gasteiger partial charge in [0.2, 0.25) is 5.91 Å². The van der Waals surface area contributed by atoms with E-state index in [-0.39, 0.29) is 12.5 Å². The van der Waals surface area contributed by atoms with Gasteiger partial charge in [-0.05, 0) is 50.8 Å². The molecule has 128 valence electrons. The lowest BCUT2D eigenvalue weighted by Gasteiger charge is -2.27. The van der Waals surface area contributed by atoms with Crippen LogP contribution in [0.2, 0.25) is 0 Å². The van der Waals surface area contributed by atoms with Crippen molar-refractivity contribution in [3.63, 3.8) is 0 Å².